The molecule has 0 aliphatic carbocycles. The van der Waals surface area contributed by atoms with Crippen molar-refractivity contribution >= 4 is 32.8 Å². The van der Waals surface area contributed by atoms with Crippen LogP contribution in [0, 0.1) is 6.92 Å². The first kappa shape index (κ1) is 21.8. The number of rotatable bonds is 8. The quantitative estimate of drug-likeness (QED) is 0.504. The van der Waals surface area contributed by atoms with Crippen molar-refractivity contribution in [2.24, 2.45) is 0 Å². The van der Waals surface area contributed by atoms with Gasteiger partial charge in [0.2, 0.25) is 15.7 Å². The standard InChI is InChI=1S/C21H25N3O5S/c1-4-30(27,28)24-19-15(6-5-11-25)12-16-17(20(26)22-3)18(29-21(16)23-19)14-9-7-13(2)8-10-14/h7-10,12,25H,4-6,11H2,1-3H3,(H,22,26)(H,23,24). The number of aryl methyl sites for hydroxylation is 2. The zero-order valence-corrected chi connectivity index (χ0v) is 18.0. The van der Waals surface area contributed by atoms with Crippen LogP contribution in [-0.2, 0) is 16.4 Å². The summed E-state index contributed by atoms with van der Waals surface area (Å²) in [6.45, 7) is 3.43. The Bertz CT molecular complexity index is 1170. The molecule has 0 saturated heterocycles. The largest absolute Gasteiger partial charge is 0.437 e. The number of amides is 1. The molecule has 30 heavy (non-hydrogen) atoms. The summed E-state index contributed by atoms with van der Waals surface area (Å²) in [5, 5.41) is 12.3. The zero-order valence-electron chi connectivity index (χ0n) is 17.2. The van der Waals surface area contributed by atoms with E-state index in [1.807, 2.05) is 31.2 Å². The van der Waals surface area contributed by atoms with Gasteiger partial charge in [0.25, 0.3) is 5.91 Å². The van der Waals surface area contributed by atoms with E-state index in [4.69, 9.17) is 4.42 Å². The lowest BCUT2D eigenvalue weighted by Gasteiger charge is -2.10. The number of aromatic nitrogens is 1. The third-order valence-corrected chi connectivity index (χ3v) is 6.03. The van der Waals surface area contributed by atoms with Gasteiger partial charge in [0.15, 0.2) is 0 Å². The summed E-state index contributed by atoms with van der Waals surface area (Å²) >= 11 is 0. The maximum atomic E-state index is 12.7. The molecule has 3 aromatic rings. The van der Waals surface area contributed by atoms with Crippen molar-refractivity contribution in [1.29, 1.82) is 0 Å². The number of carbonyl (C=O) groups is 1. The molecule has 0 radical (unpaired) electrons. The average molecular weight is 432 g/mol. The summed E-state index contributed by atoms with van der Waals surface area (Å²) in [7, 11) is -2.03. The lowest BCUT2D eigenvalue weighted by Crippen LogP contribution is -2.19. The second-order valence-corrected chi connectivity index (χ2v) is 8.94. The molecule has 0 atom stereocenters. The molecule has 0 unspecified atom stereocenters. The van der Waals surface area contributed by atoms with Gasteiger partial charge in [-0.15, -0.1) is 0 Å². The van der Waals surface area contributed by atoms with Gasteiger partial charge >= 0.3 is 0 Å². The molecule has 0 bridgehead atoms. The maximum Gasteiger partial charge on any atom is 0.255 e. The molecule has 0 fully saturated rings. The van der Waals surface area contributed by atoms with E-state index in [-0.39, 0.29) is 29.8 Å². The number of furan rings is 1. The fourth-order valence-electron chi connectivity index (χ4n) is 3.09. The summed E-state index contributed by atoms with van der Waals surface area (Å²) in [6.07, 6.45) is 0.811. The van der Waals surface area contributed by atoms with E-state index >= 15 is 0 Å². The third-order valence-electron chi connectivity index (χ3n) is 4.77. The monoisotopic (exact) mass is 431 g/mol. The Morgan fingerprint density at radius 2 is 1.93 bits per heavy atom. The van der Waals surface area contributed by atoms with Crippen molar-refractivity contribution < 1.29 is 22.7 Å². The number of pyridine rings is 1. The number of hydrogen-bond acceptors (Lipinski definition) is 6. The Labute approximate surface area is 175 Å². The first-order chi connectivity index (χ1) is 14.3. The van der Waals surface area contributed by atoms with Crippen LogP contribution in [0.15, 0.2) is 34.7 Å². The van der Waals surface area contributed by atoms with E-state index < -0.39 is 10.0 Å². The van der Waals surface area contributed by atoms with Crippen molar-refractivity contribution in [2.75, 3.05) is 24.1 Å². The van der Waals surface area contributed by atoms with Gasteiger partial charge in [-0.3, -0.25) is 9.52 Å². The first-order valence-electron chi connectivity index (χ1n) is 9.66. The SMILES string of the molecule is CCS(=O)(=O)Nc1nc2oc(-c3ccc(C)cc3)c(C(=O)NC)c2cc1CCCO. The number of anilines is 1. The fraction of sp³-hybridized carbons (Fsp3) is 0.333. The van der Waals surface area contributed by atoms with Crippen molar-refractivity contribution in [3.05, 3.63) is 47.0 Å². The molecule has 1 amide bonds. The fourth-order valence-corrected chi connectivity index (χ4v) is 3.71. The molecule has 3 N–H and O–H groups in total. The van der Waals surface area contributed by atoms with E-state index in [1.165, 1.54) is 14.0 Å². The van der Waals surface area contributed by atoms with E-state index in [9.17, 15) is 18.3 Å². The average Bonchev–Trinajstić information content (AvgIpc) is 3.09. The molecule has 9 heteroatoms. The molecule has 0 aliphatic rings. The second-order valence-electron chi connectivity index (χ2n) is 6.93. The van der Waals surface area contributed by atoms with E-state index in [2.05, 4.69) is 15.0 Å². The Morgan fingerprint density at radius 3 is 2.53 bits per heavy atom. The van der Waals surface area contributed by atoms with Gasteiger partial charge in [0, 0.05) is 19.2 Å². The topological polar surface area (TPSA) is 122 Å². The Hall–Kier alpha value is -2.91. The van der Waals surface area contributed by atoms with Gasteiger partial charge in [-0.1, -0.05) is 29.8 Å². The molecule has 2 aromatic heterocycles. The van der Waals surface area contributed by atoms with Crippen molar-refractivity contribution in [3.8, 4) is 11.3 Å². The molecule has 3 rings (SSSR count). The Morgan fingerprint density at radius 1 is 1.23 bits per heavy atom. The smallest absolute Gasteiger partial charge is 0.255 e. The summed E-state index contributed by atoms with van der Waals surface area (Å²) in [5.74, 6) is 0.0645. The minimum absolute atomic E-state index is 0.0552. The molecule has 0 saturated carbocycles. The number of sulfonamides is 1. The summed E-state index contributed by atoms with van der Waals surface area (Å²) in [5.41, 5.74) is 2.85. The molecule has 2 heterocycles. The van der Waals surface area contributed by atoms with Crippen LogP contribution in [-0.4, -0.2) is 43.8 Å². The van der Waals surface area contributed by atoms with Crippen LogP contribution < -0.4 is 10.0 Å². The summed E-state index contributed by atoms with van der Waals surface area (Å²) in [6, 6.07) is 9.24. The number of benzene rings is 1. The molecular formula is C21H25N3O5S. The molecule has 0 aliphatic heterocycles. The predicted molar refractivity (Wildman–Crippen MR) is 116 cm³/mol. The van der Waals surface area contributed by atoms with Crippen LogP contribution in [0.25, 0.3) is 22.4 Å². The Balaban J connectivity index is 2.26. The summed E-state index contributed by atoms with van der Waals surface area (Å²) < 4.78 is 32.6. The molecular weight excluding hydrogens is 406 g/mol. The minimum Gasteiger partial charge on any atom is -0.437 e. The number of hydrogen-bond donors (Lipinski definition) is 3. The summed E-state index contributed by atoms with van der Waals surface area (Å²) in [4.78, 5) is 17.1. The van der Waals surface area contributed by atoms with Gasteiger partial charge in [0.1, 0.15) is 11.6 Å². The molecule has 1 aromatic carbocycles. The van der Waals surface area contributed by atoms with Crippen LogP contribution in [0.4, 0.5) is 5.82 Å². The third kappa shape index (κ3) is 4.47. The highest BCUT2D eigenvalue weighted by Gasteiger charge is 2.24. The normalized spacial score (nSPS) is 11.6. The second kappa shape index (κ2) is 8.85. The van der Waals surface area contributed by atoms with Gasteiger partial charge in [-0.05, 0) is 38.3 Å². The Kier molecular flexibility index (Phi) is 6.42. The highest BCUT2D eigenvalue weighted by atomic mass is 32.2. The number of aliphatic hydroxyl groups is 1. The predicted octanol–water partition coefficient (Wildman–Crippen LogP) is 2.85. The maximum absolute atomic E-state index is 12.7. The van der Waals surface area contributed by atoms with E-state index in [1.54, 1.807) is 6.07 Å². The lowest BCUT2D eigenvalue weighted by molar-refractivity contribution is 0.0964. The number of fused-ring (bicyclic) bond motifs is 1. The highest BCUT2D eigenvalue weighted by molar-refractivity contribution is 7.92. The van der Waals surface area contributed by atoms with Gasteiger partial charge in [-0.2, -0.15) is 4.98 Å². The van der Waals surface area contributed by atoms with Crippen LogP contribution >= 0.6 is 0 Å². The van der Waals surface area contributed by atoms with Gasteiger partial charge < -0.3 is 14.8 Å². The zero-order chi connectivity index (χ0) is 21.9. The number of nitrogens with one attached hydrogen (secondary N) is 2. The van der Waals surface area contributed by atoms with Crippen molar-refractivity contribution in [3.63, 3.8) is 0 Å². The van der Waals surface area contributed by atoms with Gasteiger partial charge in [-0.25, -0.2) is 8.42 Å². The lowest BCUT2D eigenvalue weighted by atomic mass is 10.0. The minimum atomic E-state index is -3.57. The number of carbonyl (C=O) groups excluding carboxylic acids is 1. The van der Waals surface area contributed by atoms with Crippen molar-refractivity contribution in [1.82, 2.24) is 10.3 Å². The van der Waals surface area contributed by atoms with Crippen LogP contribution in [0.5, 0.6) is 0 Å². The van der Waals surface area contributed by atoms with Crippen LogP contribution in [0.1, 0.15) is 34.8 Å². The molecule has 160 valence electrons. The number of aliphatic hydroxyl groups excluding tert-OH is 1. The highest BCUT2D eigenvalue weighted by Crippen LogP contribution is 2.35. The van der Waals surface area contributed by atoms with Crippen molar-refractivity contribution in [2.45, 2.75) is 26.7 Å². The van der Waals surface area contributed by atoms with Gasteiger partial charge in [0.05, 0.1) is 16.7 Å². The van der Waals surface area contributed by atoms with Crippen LogP contribution in [0.2, 0.25) is 0 Å². The van der Waals surface area contributed by atoms with Crippen LogP contribution in [0.3, 0.4) is 0 Å². The molecule has 8 nitrogen and oxygen atoms in total. The molecule has 0 spiro atoms. The number of nitrogens with zero attached hydrogens (tertiary/aromatic N) is 1. The van der Waals surface area contributed by atoms with E-state index in [0.29, 0.717) is 40.7 Å². The van der Waals surface area contributed by atoms with E-state index in [0.717, 1.165) is 5.56 Å². The first-order valence-corrected chi connectivity index (χ1v) is 11.3.